The topological polar surface area (TPSA) is 84.9 Å². The lowest BCUT2D eigenvalue weighted by Gasteiger charge is -2.07. The molecule has 0 aliphatic heterocycles. The van der Waals surface area contributed by atoms with Crippen LogP contribution in [0.15, 0.2) is 11.0 Å². The van der Waals surface area contributed by atoms with E-state index in [4.69, 9.17) is 11.5 Å². The fourth-order valence-corrected chi connectivity index (χ4v) is 1.02. The number of aromatic amines is 1. The number of aromatic nitrogens is 1. The molecule has 0 spiro atoms. The second-order valence-electron chi connectivity index (χ2n) is 2.47. The van der Waals surface area contributed by atoms with Crippen LogP contribution in [0.4, 0.5) is 14.5 Å². The van der Waals surface area contributed by atoms with E-state index < -0.39 is 12.0 Å². The summed E-state index contributed by atoms with van der Waals surface area (Å²) >= 11 is 0. The lowest BCUT2D eigenvalue weighted by Crippen LogP contribution is -2.18. The van der Waals surface area contributed by atoms with Gasteiger partial charge in [-0.15, -0.1) is 0 Å². The third-order valence-electron chi connectivity index (χ3n) is 1.72. The molecule has 1 aromatic heterocycles. The summed E-state index contributed by atoms with van der Waals surface area (Å²) < 4.78 is 24.6. The molecule has 1 aromatic rings. The number of anilines is 1. The fraction of sp³-hybridized carbons (Fsp3) is 0.286. The first-order chi connectivity index (χ1) is 6.07. The molecular weight excluding hydrogens is 180 g/mol. The smallest absolute Gasteiger partial charge is 0.271 e. The molecule has 0 amide bonds. The Morgan fingerprint density at radius 2 is 2.15 bits per heavy atom. The first-order valence-electron chi connectivity index (χ1n) is 3.56. The molecule has 0 aliphatic rings. The average molecular weight is 189 g/mol. The number of H-pyrrole nitrogens is 1. The van der Waals surface area contributed by atoms with Gasteiger partial charge in [-0.05, 0) is 0 Å². The molecule has 0 bridgehead atoms. The summed E-state index contributed by atoms with van der Waals surface area (Å²) in [5.41, 5.74) is 9.33. The summed E-state index contributed by atoms with van der Waals surface area (Å²) in [6.45, 7) is -0.171. The largest absolute Gasteiger partial charge is 0.394 e. The molecule has 1 rings (SSSR count). The number of hydrogen-bond donors (Lipinski definition) is 3. The highest BCUT2D eigenvalue weighted by Gasteiger charge is 2.15. The molecule has 5 N–H and O–H groups in total. The number of alkyl halides is 2. The van der Waals surface area contributed by atoms with Gasteiger partial charge in [0.1, 0.15) is 5.69 Å². The maximum atomic E-state index is 12.3. The first kappa shape index (κ1) is 9.66. The zero-order valence-electron chi connectivity index (χ0n) is 6.68. The minimum atomic E-state index is -2.68. The van der Waals surface area contributed by atoms with Gasteiger partial charge in [-0.1, -0.05) is 0 Å². The zero-order chi connectivity index (χ0) is 10.0. The minimum absolute atomic E-state index is 0.0127. The molecule has 6 heteroatoms. The average Bonchev–Trinajstić information content (AvgIpc) is 2.09. The lowest BCUT2D eigenvalue weighted by atomic mass is 10.1. The Kier molecular flexibility index (Phi) is 2.62. The molecular formula is C7H9F2N3O. The van der Waals surface area contributed by atoms with Gasteiger partial charge in [-0.25, -0.2) is 8.78 Å². The van der Waals surface area contributed by atoms with Crippen LogP contribution in [0.3, 0.4) is 0 Å². The molecule has 0 unspecified atom stereocenters. The Hall–Kier alpha value is -1.43. The monoisotopic (exact) mass is 189 g/mol. The van der Waals surface area contributed by atoms with Crippen molar-refractivity contribution in [3.8, 4) is 0 Å². The van der Waals surface area contributed by atoms with Crippen LogP contribution < -0.4 is 17.0 Å². The van der Waals surface area contributed by atoms with Gasteiger partial charge in [0.15, 0.2) is 0 Å². The van der Waals surface area contributed by atoms with Crippen molar-refractivity contribution < 1.29 is 8.78 Å². The molecule has 4 nitrogen and oxygen atoms in total. The number of halogens is 2. The van der Waals surface area contributed by atoms with Crippen LogP contribution in [-0.4, -0.2) is 4.98 Å². The SMILES string of the molecule is NCc1c(C(F)F)c[nH]c(=O)c1N. The maximum Gasteiger partial charge on any atom is 0.271 e. The quantitative estimate of drug-likeness (QED) is 0.627. The molecule has 0 aliphatic carbocycles. The number of nitrogens with one attached hydrogen (secondary N) is 1. The first-order valence-corrected chi connectivity index (χ1v) is 3.56. The summed E-state index contributed by atoms with van der Waals surface area (Å²) in [5.74, 6) is 0. The van der Waals surface area contributed by atoms with Crippen LogP contribution in [0.5, 0.6) is 0 Å². The zero-order valence-corrected chi connectivity index (χ0v) is 6.68. The molecule has 1 heterocycles. The van der Waals surface area contributed by atoms with Crippen molar-refractivity contribution in [1.82, 2.24) is 4.98 Å². The fourth-order valence-electron chi connectivity index (χ4n) is 1.02. The Bertz CT molecular complexity index is 361. The molecule has 0 atom stereocenters. The molecule has 0 saturated carbocycles. The Morgan fingerprint density at radius 3 is 2.62 bits per heavy atom. The molecule has 0 saturated heterocycles. The van der Waals surface area contributed by atoms with E-state index in [1.54, 1.807) is 0 Å². The van der Waals surface area contributed by atoms with Crippen LogP contribution in [0, 0.1) is 0 Å². The second-order valence-corrected chi connectivity index (χ2v) is 2.47. The van der Waals surface area contributed by atoms with E-state index in [2.05, 4.69) is 4.98 Å². The number of nitrogen functional groups attached to an aromatic ring is 1. The van der Waals surface area contributed by atoms with E-state index in [-0.39, 0.29) is 23.4 Å². The molecule has 72 valence electrons. The van der Waals surface area contributed by atoms with Gasteiger partial charge < -0.3 is 16.5 Å². The van der Waals surface area contributed by atoms with Crippen molar-refractivity contribution in [2.45, 2.75) is 13.0 Å². The number of rotatable bonds is 2. The highest BCUT2D eigenvalue weighted by atomic mass is 19.3. The number of hydrogen-bond acceptors (Lipinski definition) is 3. The summed E-state index contributed by atoms with van der Waals surface area (Å²) in [5, 5.41) is 0. The standard InChI is InChI=1S/C7H9F2N3O/c8-6(9)4-2-12-7(13)5(11)3(4)1-10/h2,6H,1,10-11H2,(H,12,13). The van der Waals surface area contributed by atoms with E-state index >= 15 is 0 Å². The molecule has 13 heavy (non-hydrogen) atoms. The van der Waals surface area contributed by atoms with Gasteiger partial charge in [0.05, 0.1) is 0 Å². The molecule has 0 aromatic carbocycles. The van der Waals surface area contributed by atoms with E-state index in [0.29, 0.717) is 0 Å². The van der Waals surface area contributed by atoms with E-state index in [1.165, 1.54) is 0 Å². The van der Waals surface area contributed by atoms with Crippen molar-refractivity contribution >= 4 is 5.69 Å². The van der Waals surface area contributed by atoms with Crippen molar-refractivity contribution in [3.05, 3.63) is 27.7 Å². The van der Waals surface area contributed by atoms with Gasteiger partial charge >= 0.3 is 0 Å². The highest BCUT2D eigenvalue weighted by molar-refractivity contribution is 5.48. The summed E-state index contributed by atoms with van der Waals surface area (Å²) in [6, 6.07) is 0. The maximum absolute atomic E-state index is 12.3. The van der Waals surface area contributed by atoms with Gasteiger partial charge in [-0.3, -0.25) is 4.79 Å². The molecule has 0 radical (unpaired) electrons. The third-order valence-corrected chi connectivity index (χ3v) is 1.72. The number of nitrogens with two attached hydrogens (primary N) is 2. The van der Waals surface area contributed by atoms with Gasteiger partial charge in [0.2, 0.25) is 0 Å². The summed E-state index contributed by atoms with van der Waals surface area (Å²) in [7, 11) is 0. The van der Waals surface area contributed by atoms with Gasteiger partial charge in [0, 0.05) is 23.9 Å². The van der Waals surface area contributed by atoms with E-state index in [9.17, 15) is 13.6 Å². The van der Waals surface area contributed by atoms with Crippen molar-refractivity contribution in [2.24, 2.45) is 5.73 Å². The van der Waals surface area contributed by atoms with Crippen LogP contribution in [0.25, 0.3) is 0 Å². The highest BCUT2D eigenvalue weighted by Crippen LogP contribution is 2.23. The predicted molar refractivity (Wildman–Crippen MR) is 44.3 cm³/mol. The number of pyridine rings is 1. The van der Waals surface area contributed by atoms with Crippen molar-refractivity contribution in [1.29, 1.82) is 0 Å². The molecule has 0 fully saturated rings. The Balaban J connectivity index is 3.38. The lowest BCUT2D eigenvalue weighted by molar-refractivity contribution is 0.150. The van der Waals surface area contributed by atoms with Gasteiger partial charge in [0.25, 0.3) is 12.0 Å². The van der Waals surface area contributed by atoms with Crippen LogP contribution in [-0.2, 0) is 6.54 Å². The predicted octanol–water partition coefficient (Wildman–Crippen LogP) is 0.353. The van der Waals surface area contributed by atoms with E-state index in [0.717, 1.165) is 6.20 Å². The van der Waals surface area contributed by atoms with Crippen LogP contribution >= 0.6 is 0 Å². The normalized spacial score (nSPS) is 10.8. The van der Waals surface area contributed by atoms with E-state index in [1.807, 2.05) is 0 Å². The van der Waals surface area contributed by atoms with Crippen molar-refractivity contribution in [2.75, 3.05) is 5.73 Å². The van der Waals surface area contributed by atoms with Gasteiger partial charge in [-0.2, -0.15) is 0 Å². The summed E-state index contributed by atoms with van der Waals surface area (Å²) in [6.07, 6.45) is -1.75. The van der Waals surface area contributed by atoms with Crippen molar-refractivity contribution in [3.63, 3.8) is 0 Å². The Labute approximate surface area is 72.6 Å². The third kappa shape index (κ3) is 1.67. The summed E-state index contributed by atoms with van der Waals surface area (Å²) in [4.78, 5) is 13.0. The van der Waals surface area contributed by atoms with Crippen LogP contribution in [0.1, 0.15) is 17.6 Å². The second kappa shape index (κ2) is 3.53. The van der Waals surface area contributed by atoms with Crippen LogP contribution in [0.2, 0.25) is 0 Å². The Morgan fingerprint density at radius 1 is 1.54 bits per heavy atom. The minimum Gasteiger partial charge on any atom is -0.394 e.